The lowest BCUT2D eigenvalue weighted by atomic mass is 10.1. The summed E-state index contributed by atoms with van der Waals surface area (Å²) in [6.45, 7) is 4.35. The molecule has 1 amide bonds. The van der Waals surface area contributed by atoms with Gasteiger partial charge in [-0.25, -0.2) is 0 Å². The van der Waals surface area contributed by atoms with E-state index in [1.165, 1.54) is 0 Å². The van der Waals surface area contributed by atoms with Gasteiger partial charge in [-0.05, 0) is 31.0 Å². The fourth-order valence-electron chi connectivity index (χ4n) is 1.89. The number of carbonyl (C=O) groups excluding carboxylic acids is 1. The fourth-order valence-corrected chi connectivity index (χ4v) is 1.89. The molecule has 2 aromatic rings. The molecule has 0 saturated heterocycles. The van der Waals surface area contributed by atoms with Gasteiger partial charge in [-0.15, -0.1) is 10.2 Å². The number of aromatic nitrogens is 2. The van der Waals surface area contributed by atoms with Crippen LogP contribution in [-0.4, -0.2) is 22.6 Å². The van der Waals surface area contributed by atoms with E-state index in [1.54, 1.807) is 6.92 Å². The van der Waals surface area contributed by atoms with Crippen molar-refractivity contribution in [2.45, 2.75) is 26.7 Å². The van der Waals surface area contributed by atoms with E-state index in [9.17, 15) is 4.79 Å². The number of rotatable bonds is 6. The molecule has 0 radical (unpaired) electrons. The Morgan fingerprint density at radius 1 is 1.38 bits per heavy atom. The fraction of sp³-hybridized carbons (Fsp3) is 0.400. The minimum atomic E-state index is -0.0426. The maximum absolute atomic E-state index is 12.0. The molecule has 1 aromatic carbocycles. The summed E-state index contributed by atoms with van der Waals surface area (Å²) in [5.41, 5.74) is 6.95. The number of amides is 1. The Balaban J connectivity index is 2.08. The van der Waals surface area contributed by atoms with Gasteiger partial charge in [-0.3, -0.25) is 4.79 Å². The Kier molecular flexibility index (Phi) is 5.05. The lowest BCUT2D eigenvalue weighted by Gasteiger charge is -2.10. The van der Waals surface area contributed by atoms with Crippen LogP contribution in [0.4, 0.5) is 5.69 Å². The maximum atomic E-state index is 12.0. The lowest BCUT2D eigenvalue weighted by molar-refractivity contribution is -0.116. The quantitative estimate of drug-likeness (QED) is 0.851. The zero-order chi connectivity index (χ0) is 15.2. The van der Waals surface area contributed by atoms with Crippen LogP contribution in [0.2, 0.25) is 0 Å². The summed E-state index contributed by atoms with van der Waals surface area (Å²) < 4.78 is 5.42. The Labute approximate surface area is 123 Å². The van der Waals surface area contributed by atoms with Crippen molar-refractivity contribution in [1.82, 2.24) is 10.2 Å². The van der Waals surface area contributed by atoms with E-state index in [-0.39, 0.29) is 5.91 Å². The number of hydrogen-bond acceptors (Lipinski definition) is 5. The molecule has 6 heteroatoms. The smallest absolute Gasteiger partial charge is 0.249 e. The number of benzene rings is 1. The molecule has 21 heavy (non-hydrogen) atoms. The largest absolute Gasteiger partial charge is 0.421 e. The van der Waals surface area contributed by atoms with Crippen LogP contribution in [0.1, 0.15) is 25.7 Å². The van der Waals surface area contributed by atoms with Crippen molar-refractivity contribution in [2.75, 3.05) is 11.9 Å². The second kappa shape index (κ2) is 6.99. The van der Waals surface area contributed by atoms with Crippen molar-refractivity contribution < 1.29 is 9.21 Å². The number of nitrogens with two attached hydrogens (primary N) is 1. The topological polar surface area (TPSA) is 94.0 Å². The van der Waals surface area contributed by atoms with E-state index in [4.69, 9.17) is 10.2 Å². The predicted molar refractivity (Wildman–Crippen MR) is 80.6 cm³/mol. The van der Waals surface area contributed by atoms with Gasteiger partial charge in [0.15, 0.2) is 0 Å². The van der Waals surface area contributed by atoms with E-state index in [0.29, 0.717) is 36.4 Å². The van der Waals surface area contributed by atoms with Crippen LogP contribution in [-0.2, 0) is 4.79 Å². The monoisotopic (exact) mass is 288 g/mol. The molecule has 0 aliphatic rings. The molecular formula is C15H20N4O2. The van der Waals surface area contributed by atoms with Crippen molar-refractivity contribution in [3.05, 3.63) is 30.2 Å². The Hall–Kier alpha value is -2.21. The molecule has 112 valence electrons. The molecular weight excluding hydrogens is 268 g/mol. The third-order valence-corrected chi connectivity index (χ3v) is 3.22. The molecule has 0 bridgehead atoms. The van der Waals surface area contributed by atoms with Crippen LogP contribution in [0.15, 0.2) is 28.7 Å². The number of nitrogens with zero attached hydrogens (tertiary/aromatic N) is 2. The third kappa shape index (κ3) is 4.13. The Morgan fingerprint density at radius 2 is 2.14 bits per heavy atom. The first-order valence-corrected chi connectivity index (χ1v) is 6.99. The molecule has 0 saturated carbocycles. The summed E-state index contributed by atoms with van der Waals surface area (Å²) in [6.07, 6.45) is 1.21. The summed E-state index contributed by atoms with van der Waals surface area (Å²) in [5.74, 6) is 1.19. The highest BCUT2D eigenvalue weighted by molar-refractivity contribution is 5.94. The molecule has 1 unspecified atom stereocenters. The van der Waals surface area contributed by atoms with Gasteiger partial charge in [0.25, 0.3) is 0 Å². The van der Waals surface area contributed by atoms with Crippen molar-refractivity contribution >= 4 is 11.6 Å². The van der Waals surface area contributed by atoms with E-state index in [0.717, 1.165) is 12.0 Å². The first-order chi connectivity index (χ1) is 10.1. The highest BCUT2D eigenvalue weighted by Gasteiger charge is 2.13. The van der Waals surface area contributed by atoms with Gasteiger partial charge in [-0.1, -0.05) is 19.1 Å². The Morgan fingerprint density at radius 3 is 2.81 bits per heavy atom. The first kappa shape index (κ1) is 15.2. The summed E-state index contributed by atoms with van der Waals surface area (Å²) in [6, 6.07) is 7.37. The number of para-hydroxylation sites is 1. The minimum absolute atomic E-state index is 0.0426. The molecule has 0 fully saturated rings. The van der Waals surface area contributed by atoms with Crippen molar-refractivity contribution in [3.8, 4) is 11.5 Å². The minimum Gasteiger partial charge on any atom is -0.421 e. The predicted octanol–water partition coefficient (Wildman–Crippen LogP) is 2.36. The van der Waals surface area contributed by atoms with Crippen LogP contribution >= 0.6 is 0 Å². The van der Waals surface area contributed by atoms with Crippen molar-refractivity contribution in [1.29, 1.82) is 0 Å². The van der Waals surface area contributed by atoms with Gasteiger partial charge in [0.2, 0.25) is 17.7 Å². The standard InChI is InChI=1S/C15H20N4O2/c1-10(9-16)7-8-14(20)17-13-6-4-3-5-12(13)15-19-18-11(2)21-15/h3-6,10H,7-9,16H2,1-2H3,(H,17,20). The molecule has 1 heterocycles. The van der Waals surface area contributed by atoms with Crippen LogP contribution in [0.25, 0.3) is 11.5 Å². The second-order valence-corrected chi connectivity index (χ2v) is 5.10. The van der Waals surface area contributed by atoms with Gasteiger partial charge in [0.05, 0.1) is 11.3 Å². The van der Waals surface area contributed by atoms with Crippen LogP contribution in [0, 0.1) is 12.8 Å². The molecule has 0 spiro atoms. The SMILES string of the molecule is Cc1nnc(-c2ccccc2NC(=O)CCC(C)CN)o1. The zero-order valence-electron chi connectivity index (χ0n) is 12.3. The van der Waals surface area contributed by atoms with Crippen molar-refractivity contribution in [3.63, 3.8) is 0 Å². The Bertz CT molecular complexity index is 609. The van der Waals surface area contributed by atoms with Crippen molar-refractivity contribution in [2.24, 2.45) is 11.7 Å². The zero-order valence-corrected chi connectivity index (χ0v) is 12.3. The third-order valence-electron chi connectivity index (χ3n) is 3.22. The average molecular weight is 288 g/mol. The summed E-state index contributed by atoms with van der Waals surface area (Å²) in [7, 11) is 0. The molecule has 1 aromatic heterocycles. The molecule has 1 atom stereocenters. The normalized spacial score (nSPS) is 12.1. The van der Waals surface area contributed by atoms with E-state index in [2.05, 4.69) is 15.5 Å². The van der Waals surface area contributed by atoms with E-state index >= 15 is 0 Å². The van der Waals surface area contributed by atoms with Gasteiger partial charge in [0.1, 0.15) is 0 Å². The van der Waals surface area contributed by atoms with Gasteiger partial charge < -0.3 is 15.5 Å². The summed E-state index contributed by atoms with van der Waals surface area (Å²) in [5, 5.41) is 10.7. The number of nitrogens with one attached hydrogen (secondary N) is 1. The number of aryl methyl sites for hydroxylation is 1. The summed E-state index contributed by atoms with van der Waals surface area (Å²) >= 11 is 0. The average Bonchev–Trinajstić information content (AvgIpc) is 2.91. The summed E-state index contributed by atoms with van der Waals surface area (Å²) in [4.78, 5) is 12.0. The van der Waals surface area contributed by atoms with E-state index in [1.807, 2.05) is 31.2 Å². The molecule has 2 rings (SSSR count). The van der Waals surface area contributed by atoms with Crippen LogP contribution in [0.3, 0.4) is 0 Å². The highest BCUT2D eigenvalue weighted by Crippen LogP contribution is 2.26. The number of carbonyl (C=O) groups is 1. The highest BCUT2D eigenvalue weighted by atomic mass is 16.4. The van der Waals surface area contributed by atoms with Gasteiger partial charge in [0, 0.05) is 13.3 Å². The molecule has 6 nitrogen and oxygen atoms in total. The van der Waals surface area contributed by atoms with Gasteiger partial charge >= 0.3 is 0 Å². The van der Waals surface area contributed by atoms with E-state index < -0.39 is 0 Å². The maximum Gasteiger partial charge on any atom is 0.249 e. The van der Waals surface area contributed by atoms with Crippen LogP contribution in [0.5, 0.6) is 0 Å². The molecule has 0 aliphatic heterocycles. The van der Waals surface area contributed by atoms with Gasteiger partial charge in [-0.2, -0.15) is 0 Å². The first-order valence-electron chi connectivity index (χ1n) is 6.99. The number of hydrogen-bond donors (Lipinski definition) is 2. The molecule has 0 aliphatic carbocycles. The number of anilines is 1. The second-order valence-electron chi connectivity index (χ2n) is 5.10. The van der Waals surface area contributed by atoms with Crippen LogP contribution < -0.4 is 11.1 Å². The molecule has 3 N–H and O–H groups in total. The lowest BCUT2D eigenvalue weighted by Crippen LogP contribution is -2.16.